The zero-order chi connectivity index (χ0) is 14.8. The quantitative estimate of drug-likeness (QED) is 0.711. The van der Waals surface area contributed by atoms with Crippen LogP contribution in [0.15, 0.2) is 36.7 Å². The summed E-state index contributed by atoms with van der Waals surface area (Å²) in [6.07, 6.45) is 3.66. The maximum atomic E-state index is 12.3. The molecular formula is C14H16N6O. The molecule has 1 amide bonds. The van der Waals surface area contributed by atoms with E-state index < -0.39 is 0 Å². The van der Waals surface area contributed by atoms with Gasteiger partial charge in [-0.2, -0.15) is 5.10 Å². The van der Waals surface area contributed by atoms with Crippen LogP contribution >= 0.6 is 0 Å². The summed E-state index contributed by atoms with van der Waals surface area (Å²) in [6.45, 7) is 0.705. The first-order chi connectivity index (χ1) is 10.1. The van der Waals surface area contributed by atoms with Gasteiger partial charge in [0.05, 0.1) is 11.7 Å². The maximum Gasteiger partial charge on any atom is 0.244 e. The van der Waals surface area contributed by atoms with E-state index in [0.29, 0.717) is 6.54 Å². The first-order valence-corrected chi connectivity index (χ1v) is 6.63. The molecule has 0 spiro atoms. The number of fused-ring (bicyclic) bond motifs is 1. The second-order valence-electron chi connectivity index (χ2n) is 5.01. The van der Waals surface area contributed by atoms with Crippen molar-refractivity contribution in [3.05, 3.63) is 42.2 Å². The monoisotopic (exact) mass is 284 g/mol. The lowest BCUT2D eigenvalue weighted by atomic mass is 10.3. The average Bonchev–Trinajstić information content (AvgIpc) is 3.06. The molecule has 0 aliphatic carbocycles. The van der Waals surface area contributed by atoms with Gasteiger partial charge >= 0.3 is 0 Å². The van der Waals surface area contributed by atoms with E-state index in [4.69, 9.17) is 0 Å². The Balaban J connectivity index is 1.70. The molecule has 0 saturated heterocycles. The molecule has 0 bridgehead atoms. The third-order valence-corrected chi connectivity index (χ3v) is 3.31. The molecule has 0 fully saturated rings. The zero-order valence-corrected chi connectivity index (χ0v) is 12.0. The van der Waals surface area contributed by atoms with Crippen molar-refractivity contribution < 1.29 is 4.79 Å². The standard InChI is InChI=1S/C14H16N6O/c1-18(8-11-7-15-19(2)9-11)14(21)10-20-13-6-4-3-5-12(13)16-17-20/h3-7,9H,8,10H2,1-2H3. The second kappa shape index (κ2) is 5.35. The van der Waals surface area contributed by atoms with Crippen LogP contribution in [0.4, 0.5) is 0 Å². The number of hydrogen-bond acceptors (Lipinski definition) is 4. The largest absolute Gasteiger partial charge is 0.340 e. The van der Waals surface area contributed by atoms with Crippen LogP contribution < -0.4 is 0 Å². The molecule has 21 heavy (non-hydrogen) atoms. The normalized spacial score (nSPS) is 11.0. The number of carbonyl (C=O) groups excluding carboxylic acids is 1. The van der Waals surface area contributed by atoms with E-state index in [-0.39, 0.29) is 12.5 Å². The number of amides is 1. The number of likely N-dealkylation sites (N-methyl/N-ethyl adjacent to an activating group) is 1. The lowest BCUT2D eigenvalue weighted by molar-refractivity contribution is -0.131. The van der Waals surface area contributed by atoms with E-state index in [1.54, 1.807) is 27.5 Å². The summed E-state index contributed by atoms with van der Waals surface area (Å²) >= 11 is 0. The average molecular weight is 284 g/mol. The summed E-state index contributed by atoms with van der Waals surface area (Å²) < 4.78 is 3.34. The van der Waals surface area contributed by atoms with Crippen molar-refractivity contribution in [2.45, 2.75) is 13.1 Å². The molecule has 0 unspecified atom stereocenters. The minimum absolute atomic E-state index is 0.0190. The van der Waals surface area contributed by atoms with Crippen LogP contribution in [0.3, 0.4) is 0 Å². The van der Waals surface area contributed by atoms with E-state index in [0.717, 1.165) is 16.6 Å². The Morgan fingerprint density at radius 2 is 2.14 bits per heavy atom. The predicted molar refractivity (Wildman–Crippen MR) is 77.2 cm³/mol. The van der Waals surface area contributed by atoms with Crippen molar-refractivity contribution in [1.29, 1.82) is 0 Å². The summed E-state index contributed by atoms with van der Waals surface area (Å²) in [4.78, 5) is 13.9. The highest BCUT2D eigenvalue weighted by Crippen LogP contribution is 2.10. The highest BCUT2D eigenvalue weighted by molar-refractivity contribution is 5.79. The molecule has 7 nitrogen and oxygen atoms in total. The molecule has 1 aromatic carbocycles. The Morgan fingerprint density at radius 3 is 2.90 bits per heavy atom. The number of nitrogens with zero attached hydrogens (tertiary/aromatic N) is 6. The third-order valence-electron chi connectivity index (χ3n) is 3.31. The van der Waals surface area contributed by atoms with Gasteiger partial charge < -0.3 is 4.90 Å². The van der Waals surface area contributed by atoms with Gasteiger partial charge in [0.25, 0.3) is 0 Å². The first-order valence-electron chi connectivity index (χ1n) is 6.63. The number of carbonyl (C=O) groups is 1. The van der Waals surface area contributed by atoms with E-state index in [9.17, 15) is 4.79 Å². The van der Waals surface area contributed by atoms with Gasteiger partial charge in [0.15, 0.2) is 0 Å². The van der Waals surface area contributed by atoms with Crippen molar-refractivity contribution in [3.8, 4) is 0 Å². The van der Waals surface area contributed by atoms with Gasteiger partial charge in [-0.25, -0.2) is 4.68 Å². The van der Waals surface area contributed by atoms with Crippen molar-refractivity contribution in [1.82, 2.24) is 29.7 Å². The lowest BCUT2D eigenvalue weighted by Crippen LogP contribution is -2.30. The number of rotatable bonds is 4. The molecule has 2 aromatic heterocycles. The van der Waals surface area contributed by atoms with Gasteiger partial charge in [-0.05, 0) is 12.1 Å². The Bertz CT molecular complexity index is 774. The molecule has 0 aliphatic heterocycles. The minimum Gasteiger partial charge on any atom is -0.340 e. The van der Waals surface area contributed by atoms with Crippen LogP contribution in [0.25, 0.3) is 11.0 Å². The Labute approximate surface area is 121 Å². The predicted octanol–water partition coefficient (Wildman–Crippen LogP) is 0.823. The van der Waals surface area contributed by atoms with Crippen molar-refractivity contribution in [3.63, 3.8) is 0 Å². The lowest BCUT2D eigenvalue weighted by Gasteiger charge is -2.16. The number of aromatic nitrogens is 5. The van der Waals surface area contributed by atoms with E-state index in [1.165, 1.54) is 0 Å². The van der Waals surface area contributed by atoms with Crippen LogP contribution in [0.2, 0.25) is 0 Å². The summed E-state index contributed by atoms with van der Waals surface area (Å²) in [5.41, 5.74) is 2.65. The van der Waals surface area contributed by atoms with E-state index >= 15 is 0 Å². The van der Waals surface area contributed by atoms with Gasteiger partial charge in [-0.3, -0.25) is 9.48 Å². The molecule has 3 rings (SSSR count). The van der Waals surface area contributed by atoms with E-state index in [2.05, 4.69) is 15.4 Å². The minimum atomic E-state index is -0.0190. The number of aryl methyl sites for hydroxylation is 1. The fourth-order valence-corrected chi connectivity index (χ4v) is 2.20. The van der Waals surface area contributed by atoms with Gasteiger partial charge in [-0.15, -0.1) is 5.10 Å². The molecule has 2 heterocycles. The van der Waals surface area contributed by atoms with Crippen LogP contribution in [0, 0.1) is 0 Å². The third kappa shape index (κ3) is 2.76. The van der Waals surface area contributed by atoms with Crippen LogP contribution in [0.1, 0.15) is 5.56 Å². The van der Waals surface area contributed by atoms with Gasteiger partial charge in [0, 0.05) is 32.4 Å². The smallest absolute Gasteiger partial charge is 0.244 e. The highest BCUT2D eigenvalue weighted by Gasteiger charge is 2.13. The fourth-order valence-electron chi connectivity index (χ4n) is 2.20. The van der Waals surface area contributed by atoms with Crippen molar-refractivity contribution >= 4 is 16.9 Å². The Hall–Kier alpha value is -2.70. The van der Waals surface area contributed by atoms with Gasteiger partial charge in [0.2, 0.25) is 5.91 Å². The first kappa shape index (κ1) is 13.3. The second-order valence-corrected chi connectivity index (χ2v) is 5.01. The molecule has 0 atom stereocenters. The summed E-state index contributed by atoms with van der Waals surface area (Å²) in [5, 5.41) is 12.2. The van der Waals surface area contributed by atoms with Crippen LogP contribution in [-0.2, 0) is 24.9 Å². The zero-order valence-electron chi connectivity index (χ0n) is 12.0. The van der Waals surface area contributed by atoms with Crippen LogP contribution in [0.5, 0.6) is 0 Å². The molecule has 3 aromatic rings. The highest BCUT2D eigenvalue weighted by atomic mass is 16.2. The topological polar surface area (TPSA) is 68.8 Å². The molecule has 0 aliphatic rings. The molecule has 0 N–H and O–H groups in total. The fraction of sp³-hybridized carbons (Fsp3) is 0.286. The van der Waals surface area contributed by atoms with E-state index in [1.807, 2.05) is 37.5 Å². The molecule has 7 heteroatoms. The number of para-hydroxylation sites is 1. The van der Waals surface area contributed by atoms with Crippen molar-refractivity contribution in [2.24, 2.45) is 7.05 Å². The Kier molecular flexibility index (Phi) is 3.39. The summed E-state index contributed by atoms with van der Waals surface area (Å²) in [5.74, 6) is -0.0190. The maximum absolute atomic E-state index is 12.3. The molecule has 0 saturated carbocycles. The Morgan fingerprint density at radius 1 is 1.33 bits per heavy atom. The van der Waals surface area contributed by atoms with Gasteiger partial charge in [0.1, 0.15) is 12.1 Å². The van der Waals surface area contributed by atoms with Crippen LogP contribution in [-0.4, -0.2) is 42.6 Å². The molecule has 0 radical (unpaired) electrons. The summed E-state index contributed by atoms with van der Waals surface area (Å²) in [7, 11) is 3.63. The van der Waals surface area contributed by atoms with Crippen molar-refractivity contribution in [2.75, 3.05) is 7.05 Å². The van der Waals surface area contributed by atoms with Gasteiger partial charge in [-0.1, -0.05) is 17.3 Å². The summed E-state index contributed by atoms with van der Waals surface area (Å²) in [6, 6.07) is 7.59. The number of benzene rings is 1. The number of hydrogen-bond donors (Lipinski definition) is 0. The molecular weight excluding hydrogens is 268 g/mol. The SMILES string of the molecule is CN(Cc1cnn(C)c1)C(=O)Cn1nnc2ccccc21. The molecule has 108 valence electrons.